The van der Waals surface area contributed by atoms with Crippen LogP contribution < -0.4 is 11.1 Å². The predicted octanol–water partition coefficient (Wildman–Crippen LogP) is 2.34. The lowest BCUT2D eigenvalue weighted by molar-refractivity contribution is 0.560. The Kier molecular flexibility index (Phi) is 3.36. The first-order chi connectivity index (χ1) is 7.29. The lowest BCUT2D eigenvalue weighted by Crippen LogP contribution is -2.32. The molecule has 1 aromatic heterocycles. The summed E-state index contributed by atoms with van der Waals surface area (Å²) in [5.74, 6) is 0. The average Bonchev–Trinajstić information content (AvgIpc) is 2.68. The lowest BCUT2D eigenvalue weighted by Gasteiger charge is -2.08. The van der Waals surface area contributed by atoms with Gasteiger partial charge in [-0.25, -0.2) is 0 Å². The summed E-state index contributed by atoms with van der Waals surface area (Å²) in [4.78, 5) is 1.37. The van der Waals surface area contributed by atoms with Crippen LogP contribution in [-0.4, -0.2) is 12.6 Å². The van der Waals surface area contributed by atoms with Crippen LogP contribution in [-0.2, 0) is 6.54 Å². The summed E-state index contributed by atoms with van der Waals surface area (Å²) in [5, 5.41) is 4.73. The van der Waals surface area contributed by atoms with E-state index >= 15 is 0 Å². The zero-order valence-electron chi connectivity index (χ0n) is 8.86. The second kappa shape index (κ2) is 4.75. The van der Waals surface area contributed by atoms with Crippen LogP contribution in [0.5, 0.6) is 0 Å². The van der Waals surface area contributed by atoms with E-state index in [4.69, 9.17) is 5.73 Å². The molecular formula is C12H16N2S. The predicted molar refractivity (Wildman–Crippen MR) is 67.2 cm³/mol. The number of benzene rings is 1. The van der Waals surface area contributed by atoms with Crippen LogP contribution >= 0.6 is 11.3 Å². The first-order valence-electron chi connectivity index (χ1n) is 5.20. The van der Waals surface area contributed by atoms with E-state index in [0.29, 0.717) is 12.6 Å². The Labute approximate surface area is 94.1 Å². The van der Waals surface area contributed by atoms with Gasteiger partial charge in [0.1, 0.15) is 0 Å². The molecule has 0 spiro atoms. The number of hydrogen-bond acceptors (Lipinski definition) is 3. The maximum absolute atomic E-state index is 5.55. The Balaban J connectivity index is 2.09. The fraction of sp³-hybridized carbons (Fsp3) is 0.333. The van der Waals surface area contributed by atoms with Crippen LogP contribution in [0, 0.1) is 0 Å². The Hall–Kier alpha value is -0.900. The molecule has 0 bridgehead atoms. The maximum atomic E-state index is 5.55. The molecular weight excluding hydrogens is 204 g/mol. The van der Waals surface area contributed by atoms with Gasteiger partial charge in [0.15, 0.2) is 0 Å². The third kappa shape index (κ3) is 2.56. The van der Waals surface area contributed by atoms with Crippen LogP contribution in [0.2, 0.25) is 0 Å². The molecule has 15 heavy (non-hydrogen) atoms. The number of fused-ring (bicyclic) bond motifs is 1. The minimum atomic E-state index is 0.384. The second-order valence-electron chi connectivity index (χ2n) is 3.77. The monoisotopic (exact) mass is 220 g/mol. The van der Waals surface area contributed by atoms with E-state index in [1.165, 1.54) is 15.0 Å². The van der Waals surface area contributed by atoms with Crippen molar-refractivity contribution in [3.63, 3.8) is 0 Å². The molecule has 2 aromatic rings. The number of thiophene rings is 1. The maximum Gasteiger partial charge on any atom is 0.0346 e. The lowest BCUT2D eigenvalue weighted by atomic mass is 10.2. The minimum Gasteiger partial charge on any atom is -0.329 e. The second-order valence-corrected chi connectivity index (χ2v) is 4.94. The van der Waals surface area contributed by atoms with E-state index in [1.54, 1.807) is 0 Å². The van der Waals surface area contributed by atoms with Gasteiger partial charge in [0.25, 0.3) is 0 Å². The quantitative estimate of drug-likeness (QED) is 0.830. The van der Waals surface area contributed by atoms with Gasteiger partial charge in [-0.1, -0.05) is 18.2 Å². The highest BCUT2D eigenvalue weighted by molar-refractivity contribution is 7.19. The largest absolute Gasteiger partial charge is 0.329 e. The summed E-state index contributed by atoms with van der Waals surface area (Å²) in [7, 11) is 0. The molecule has 0 radical (unpaired) electrons. The smallest absolute Gasteiger partial charge is 0.0346 e. The Morgan fingerprint density at radius 2 is 2.20 bits per heavy atom. The van der Waals surface area contributed by atoms with Crippen LogP contribution in [0.3, 0.4) is 0 Å². The van der Waals surface area contributed by atoms with Crippen molar-refractivity contribution in [1.82, 2.24) is 5.32 Å². The first-order valence-corrected chi connectivity index (χ1v) is 6.02. The molecule has 0 saturated heterocycles. The molecule has 3 N–H and O–H groups in total. The molecule has 0 amide bonds. The number of rotatable bonds is 4. The van der Waals surface area contributed by atoms with Gasteiger partial charge < -0.3 is 11.1 Å². The summed E-state index contributed by atoms with van der Waals surface area (Å²) in [6, 6.07) is 11.1. The van der Waals surface area contributed by atoms with E-state index in [-0.39, 0.29) is 0 Å². The third-order valence-corrected chi connectivity index (χ3v) is 3.57. The topological polar surface area (TPSA) is 38.0 Å². The van der Waals surface area contributed by atoms with Crippen molar-refractivity contribution in [3.8, 4) is 0 Å². The zero-order chi connectivity index (χ0) is 10.7. The molecule has 3 heteroatoms. The van der Waals surface area contributed by atoms with Crippen molar-refractivity contribution in [1.29, 1.82) is 0 Å². The summed E-state index contributed by atoms with van der Waals surface area (Å²) in [6.45, 7) is 3.70. The molecule has 2 rings (SSSR count). The van der Waals surface area contributed by atoms with E-state index in [2.05, 4.69) is 42.6 Å². The highest BCUT2D eigenvalue weighted by Crippen LogP contribution is 2.24. The van der Waals surface area contributed by atoms with Gasteiger partial charge in [0.2, 0.25) is 0 Å². The van der Waals surface area contributed by atoms with E-state index in [1.807, 2.05) is 11.3 Å². The van der Waals surface area contributed by atoms with E-state index < -0.39 is 0 Å². The molecule has 0 fully saturated rings. The Morgan fingerprint density at radius 1 is 1.40 bits per heavy atom. The zero-order valence-corrected chi connectivity index (χ0v) is 9.68. The highest BCUT2D eigenvalue weighted by Gasteiger charge is 2.02. The minimum absolute atomic E-state index is 0.384. The average molecular weight is 220 g/mol. The molecule has 0 unspecified atom stereocenters. The molecule has 0 aliphatic carbocycles. The van der Waals surface area contributed by atoms with Crippen molar-refractivity contribution < 1.29 is 0 Å². The van der Waals surface area contributed by atoms with Crippen molar-refractivity contribution >= 4 is 21.4 Å². The van der Waals surface area contributed by atoms with E-state index in [9.17, 15) is 0 Å². The van der Waals surface area contributed by atoms with Crippen molar-refractivity contribution in [3.05, 3.63) is 35.2 Å². The molecule has 1 atom stereocenters. The molecule has 0 aliphatic rings. The van der Waals surface area contributed by atoms with Crippen LogP contribution in [0.15, 0.2) is 30.3 Å². The summed E-state index contributed by atoms with van der Waals surface area (Å²) in [5.41, 5.74) is 5.55. The molecule has 0 aliphatic heterocycles. The third-order valence-electron chi connectivity index (χ3n) is 2.45. The van der Waals surface area contributed by atoms with Crippen molar-refractivity contribution in [2.24, 2.45) is 5.73 Å². The number of nitrogens with one attached hydrogen (secondary N) is 1. The fourth-order valence-electron chi connectivity index (χ4n) is 1.48. The summed E-state index contributed by atoms with van der Waals surface area (Å²) < 4.78 is 1.36. The van der Waals surface area contributed by atoms with Crippen molar-refractivity contribution in [2.45, 2.75) is 19.5 Å². The van der Waals surface area contributed by atoms with Gasteiger partial charge >= 0.3 is 0 Å². The molecule has 2 nitrogen and oxygen atoms in total. The molecule has 0 saturated carbocycles. The molecule has 80 valence electrons. The number of hydrogen-bond donors (Lipinski definition) is 2. The van der Waals surface area contributed by atoms with Crippen molar-refractivity contribution in [2.75, 3.05) is 6.54 Å². The van der Waals surface area contributed by atoms with Crippen LogP contribution in [0.1, 0.15) is 11.8 Å². The number of nitrogens with two attached hydrogens (primary N) is 1. The normalized spacial score (nSPS) is 13.2. The van der Waals surface area contributed by atoms with Gasteiger partial charge in [-0.05, 0) is 24.4 Å². The van der Waals surface area contributed by atoms with Crippen LogP contribution in [0.25, 0.3) is 10.1 Å². The standard InChI is InChI=1S/C12H16N2S/c1-9(7-13)14-8-11-6-10-4-2-3-5-12(10)15-11/h2-6,9,14H,7-8,13H2,1H3/t9-/m0/s1. The SMILES string of the molecule is C[C@@H](CN)NCc1cc2ccccc2s1. The molecule has 1 aromatic carbocycles. The van der Waals surface area contributed by atoms with Gasteiger partial charge in [-0.15, -0.1) is 11.3 Å². The molecule has 1 heterocycles. The Morgan fingerprint density at radius 3 is 2.93 bits per heavy atom. The fourth-order valence-corrected chi connectivity index (χ4v) is 2.50. The summed E-state index contributed by atoms with van der Waals surface area (Å²) >= 11 is 1.85. The van der Waals surface area contributed by atoms with Gasteiger partial charge in [-0.2, -0.15) is 0 Å². The van der Waals surface area contributed by atoms with Gasteiger partial charge in [-0.3, -0.25) is 0 Å². The Bertz CT molecular complexity index is 403. The van der Waals surface area contributed by atoms with Gasteiger partial charge in [0, 0.05) is 28.7 Å². The van der Waals surface area contributed by atoms with Gasteiger partial charge in [0.05, 0.1) is 0 Å². The summed E-state index contributed by atoms with van der Waals surface area (Å²) in [6.07, 6.45) is 0. The first kappa shape index (κ1) is 10.6. The van der Waals surface area contributed by atoms with E-state index in [0.717, 1.165) is 6.54 Å². The highest BCUT2D eigenvalue weighted by atomic mass is 32.1. The van der Waals surface area contributed by atoms with Crippen LogP contribution in [0.4, 0.5) is 0 Å².